The van der Waals surface area contributed by atoms with Crippen molar-refractivity contribution in [3.63, 3.8) is 0 Å². The fourth-order valence-electron chi connectivity index (χ4n) is 2.57. The van der Waals surface area contributed by atoms with E-state index in [2.05, 4.69) is 19.2 Å². The molecule has 1 fully saturated rings. The molecule has 1 aliphatic rings. The zero-order valence-electron chi connectivity index (χ0n) is 11.8. The SMILES string of the molecule is CCC1CN(C(=O)c2ccc(F)cc2Cl)C(CC)CN1. The fourth-order valence-corrected chi connectivity index (χ4v) is 2.82. The Hall–Kier alpha value is -1.13. The van der Waals surface area contributed by atoms with Gasteiger partial charge in [0.25, 0.3) is 5.91 Å². The number of carbonyl (C=O) groups excluding carboxylic acids is 1. The minimum Gasteiger partial charge on any atom is -0.333 e. The second-order valence-corrected chi connectivity index (χ2v) is 5.56. The number of carbonyl (C=O) groups is 1. The molecule has 0 spiro atoms. The molecule has 1 aliphatic heterocycles. The van der Waals surface area contributed by atoms with Crippen LogP contribution in [0.4, 0.5) is 4.39 Å². The molecule has 0 bridgehead atoms. The van der Waals surface area contributed by atoms with Crippen molar-refractivity contribution in [2.45, 2.75) is 38.8 Å². The zero-order valence-corrected chi connectivity index (χ0v) is 12.6. The highest BCUT2D eigenvalue weighted by Gasteiger charge is 2.30. The number of halogens is 2. The van der Waals surface area contributed by atoms with E-state index in [1.807, 2.05) is 4.90 Å². The average molecular weight is 299 g/mol. The number of rotatable bonds is 3. The van der Waals surface area contributed by atoms with Crippen LogP contribution in [0.5, 0.6) is 0 Å². The molecule has 2 unspecified atom stereocenters. The minimum absolute atomic E-state index is 0.109. The summed E-state index contributed by atoms with van der Waals surface area (Å²) in [7, 11) is 0. The summed E-state index contributed by atoms with van der Waals surface area (Å²) in [5.74, 6) is -0.535. The third kappa shape index (κ3) is 3.13. The number of hydrogen-bond donors (Lipinski definition) is 1. The lowest BCUT2D eigenvalue weighted by molar-refractivity contribution is 0.0576. The third-order valence-electron chi connectivity index (χ3n) is 3.89. The highest BCUT2D eigenvalue weighted by atomic mass is 35.5. The van der Waals surface area contributed by atoms with Crippen LogP contribution in [0.25, 0.3) is 0 Å². The van der Waals surface area contributed by atoms with Gasteiger partial charge in [-0.3, -0.25) is 4.79 Å². The molecule has 1 amide bonds. The minimum atomic E-state index is -0.426. The maximum absolute atomic E-state index is 13.1. The third-order valence-corrected chi connectivity index (χ3v) is 4.20. The molecule has 3 nitrogen and oxygen atoms in total. The molecule has 0 saturated carbocycles. The lowest BCUT2D eigenvalue weighted by atomic mass is 10.0. The predicted molar refractivity (Wildman–Crippen MR) is 78.6 cm³/mol. The van der Waals surface area contributed by atoms with Crippen molar-refractivity contribution < 1.29 is 9.18 Å². The summed E-state index contributed by atoms with van der Waals surface area (Å²) in [6.07, 6.45) is 1.85. The van der Waals surface area contributed by atoms with Gasteiger partial charge in [-0.2, -0.15) is 0 Å². The summed E-state index contributed by atoms with van der Waals surface area (Å²) < 4.78 is 13.1. The highest BCUT2D eigenvalue weighted by molar-refractivity contribution is 6.33. The summed E-state index contributed by atoms with van der Waals surface area (Å²) in [6, 6.07) is 4.40. The summed E-state index contributed by atoms with van der Waals surface area (Å²) in [4.78, 5) is 14.5. The largest absolute Gasteiger partial charge is 0.333 e. The molecule has 0 aliphatic carbocycles. The summed E-state index contributed by atoms with van der Waals surface area (Å²) >= 11 is 6.00. The van der Waals surface area contributed by atoms with Crippen LogP contribution in [-0.2, 0) is 0 Å². The van der Waals surface area contributed by atoms with Gasteiger partial charge in [0.1, 0.15) is 5.82 Å². The predicted octanol–water partition coefficient (Wildman–Crippen LogP) is 3.08. The van der Waals surface area contributed by atoms with Gasteiger partial charge in [-0.25, -0.2) is 4.39 Å². The first kappa shape index (κ1) is 15.3. The topological polar surface area (TPSA) is 32.3 Å². The number of hydrogen-bond acceptors (Lipinski definition) is 2. The molecular weight excluding hydrogens is 279 g/mol. The van der Waals surface area contributed by atoms with Gasteiger partial charge in [0.2, 0.25) is 0 Å². The Morgan fingerprint density at radius 3 is 2.80 bits per heavy atom. The molecule has 1 heterocycles. The van der Waals surface area contributed by atoms with Crippen molar-refractivity contribution in [1.82, 2.24) is 10.2 Å². The van der Waals surface area contributed by atoms with E-state index in [4.69, 9.17) is 11.6 Å². The monoisotopic (exact) mass is 298 g/mol. The lowest BCUT2D eigenvalue weighted by Crippen LogP contribution is -2.57. The van der Waals surface area contributed by atoms with Gasteiger partial charge in [0.15, 0.2) is 0 Å². The lowest BCUT2D eigenvalue weighted by Gasteiger charge is -2.40. The Morgan fingerprint density at radius 1 is 1.45 bits per heavy atom. The molecule has 0 aromatic heterocycles. The van der Waals surface area contributed by atoms with Crippen LogP contribution in [0.3, 0.4) is 0 Å². The molecular formula is C15H20ClFN2O. The van der Waals surface area contributed by atoms with E-state index < -0.39 is 5.82 Å². The van der Waals surface area contributed by atoms with Crippen molar-refractivity contribution in [3.8, 4) is 0 Å². The van der Waals surface area contributed by atoms with Crippen LogP contribution in [0.2, 0.25) is 5.02 Å². The molecule has 0 radical (unpaired) electrons. The van der Waals surface area contributed by atoms with Crippen molar-refractivity contribution >= 4 is 17.5 Å². The second-order valence-electron chi connectivity index (χ2n) is 5.16. The van der Waals surface area contributed by atoms with E-state index in [1.165, 1.54) is 18.2 Å². The van der Waals surface area contributed by atoms with Gasteiger partial charge in [-0.05, 0) is 31.0 Å². The number of piperazine rings is 1. The van der Waals surface area contributed by atoms with Crippen LogP contribution >= 0.6 is 11.6 Å². The maximum Gasteiger partial charge on any atom is 0.255 e. The van der Waals surface area contributed by atoms with Gasteiger partial charge in [-0.15, -0.1) is 0 Å². The second kappa shape index (κ2) is 6.55. The van der Waals surface area contributed by atoms with Gasteiger partial charge in [0.05, 0.1) is 10.6 Å². The Bertz CT molecular complexity index is 495. The fraction of sp³-hybridized carbons (Fsp3) is 0.533. The molecule has 1 N–H and O–H groups in total. The average Bonchev–Trinajstić information content (AvgIpc) is 2.46. The standard InChI is InChI=1S/C15H20ClFN2O/c1-3-11-9-19(12(4-2)8-18-11)15(20)13-6-5-10(17)7-14(13)16/h5-7,11-12,18H,3-4,8-9H2,1-2H3. The summed E-state index contributed by atoms with van der Waals surface area (Å²) in [5, 5.41) is 3.62. The van der Waals surface area contributed by atoms with Crippen LogP contribution < -0.4 is 5.32 Å². The molecule has 20 heavy (non-hydrogen) atoms. The first-order valence-electron chi connectivity index (χ1n) is 7.06. The number of benzene rings is 1. The van der Waals surface area contributed by atoms with Crippen LogP contribution in [-0.4, -0.2) is 36.0 Å². The highest BCUT2D eigenvalue weighted by Crippen LogP contribution is 2.22. The molecule has 2 rings (SSSR count). The Morgan fingerprint density at radius 2 is 2.20 bits per heavy atom. The first-order chi connectivity index (χ1) is 9.56. The van der Waals surface area contributed by atoms with Crippen molar-refractivity contribution in [3.05, 3.63) is 34.6 Å². The van der Waals surface area contributed by atoms with Crippen molar-refractivity contribution in [1.29, 1.82) is 0 Å². The quantitative estimate of drug-likeness (QED) is 0.930. The van der Waals surface area contributed by atoms with Crippen molar-refractivity contribution in [2.24, 2.45) is 0 Å². The smallest absolute Gasteiger partial charge is 0.255 e. The van der Waals surface area contributed by atoms with Crippen LogP contribution in [0, 0.1) is 5.82 Å². The molecule has 1 aromatic rings. The molecule has 5 heteroatoms. The first-order valence-corrected chi connectivity index (χ1v) is 7.44. The van der Waals surface area contributed by atoms with E-state index in [1.54, 1.807) is 0 Å². The number of amides is 1. The van der Waals surface area contributed by atoms with E-state index >= 15 is 0 Å². The Kier molecular flexibility index (Phi) is 5.00. The Labute approximate surface area is 124 Å². The number of nitrogens with one attached hydrogen (secondary N) is 1. The van der Waals surface area contributed by atoms with Gasteiger partial charge in [0, 0.05) is 25.2 Å². The maximum atomic E-state index is 13.1. The Balaban J connectivity index is 2.24. The normalized spacial score (nSPS) is 22.9. The zero-order chi connectivity index (χ0) is 14.7. The van der Waals surface area contributed by atoms with Gasteiger partial charge >= 0.3 is 0 Å². The van der Waals surface area contributed by atoms with Crippen LogP contribution in [0.1, 0.15) is 37.0 Å². The van der Waals surface area contributed by atoms with E-state index in [-0.39, 0.29) is 17.0 Å². The molecule has 2 atom stereocenters. The summed E-state index contributed by atoms with van der Waals surface area (Å²) in [5.41, 5.74) is 0.378. The van der Waals surface area contributed by atoms with E-state index in [0.717, 1.165) is 19.4 Å². The molecule has 1 saturated heterocycles. The summed E-state index contributed by atoms with van der Waals surface area (Å²) in [6.45, 7) is 5.61. The van der Waals surface area contributed by atoms with Gasteiger partial charge < -0.3 is 10.2 Å². The molecule has 110 valence electrons. The van der Waals surface area contributed by atoms with Gasteiger partial charge in [-0.1, -0.05) is 25.4 Å². The molecule has 1 aromatic carbocycles. The van der Waals surface area contributed by atoms with E-state index in [9.17, 15) is 9.18 Å². The van der Waals surface area contributed by atoms with Crippen molar-refractivity contribution in [2.75, 3.05) is 13.1 Å². The van der Waals surface area contributed by atoms with E-state index in [0.29, 0.717) is 18.2 Å². The number of nitrogens with zero attached hydrogens (tertiary/aromatic N) is 1. The van der Waals surface area contributed by atoms with Crippen LogP contribution in [0.15, 0.2) is 18.2 Å².